The van der Waals surface area contributed by atoms with Gasteiger partial charge in [-0.2, -0.15) is 37.2 Å². The summed E-state index contributed by atoms with van der Waals surface area (Å²) in [6, 6.07) is 3.33. The van der Waals surface area contributed by atoms with Gasteiger partial charge in [-0.1, -0.05) is 0 Å². The van der Waals surface area contributed by atoms with Crippen LogP contribution in [0.25, 0.3) is 33.5 Å². The number of fused-ring (bicyclic) bond motifs is 2. The lowest BCUT2D eigenvalue weighted by molar-refractivity contribution is -0.141. The number of rotatable bonds is 10. The molecule has 1 aliphatic heterocycles. The van der Waals surface area contributed by atoms with Gasteiger partial charge >= 0.3 is 12.7 Å². The molecule has 5 aromatic heterocycles. The minimum atomic E-state index is -4.94. The Morgan fingerprint density at radius 1 is 0.948 bits per heavy atom. The van der Waals surface area contributed by atoms with Gasteiger partial charge in [0, 0.05) is 56.0 Å². The molecule has 1 aliphatic rings. The predicted octanol–water partition coefficient (Wildman–Crippen LogP) is 5.43. The second kappa shape index (κ2) is 14.5. The number of aryl methyl sites for hydroxylation is 2. The molecule has 1 unspecified atom stereocenters. The summed E-state index contributed by atoms with van der Waals surface area (Å²) in [7, 11) is 2.80. The number of nitrogens with zero attached hydrogens (tertiary/aromatic N) is 9. The summed E-state index contributed by atoms with van der Waals surface area (Å²) < 4.78 is 118. The summed E-state index contributed by atoms with van der Waals surface area (Å²) >= 11 is 0. The van der Waals surface area contributed by atoms with Crippen molar-refractivity contribution >= 4 is 22.8 Å². The number of carbonyl (C=O) groups excluding carboxylic acids is 2. The zero-order chi connectivity index (χ0) is 42.0. The van der Waals surface area contributed by atoms with E-state index in [2.05, 4.69) is 25.6 Å². The Balaban J connectivity index is 1.24. The SMILES string of the molecule is Cn1cc(-c2cc(C(F)(F)F)nn2CC(C)(C)NC(=O)C(Cc2cnn(C(F)F)c2)N2CCc3c(-c4nc5c(cnn5C)cc4F)ccc(F)c3C2=O)cc(F)c1=O. The highest BCUT2D eigenvalue weighted by atomic mass is 19.4. The van der Waals surface area contributed by atoms with Crippen LogP contribution >= 0.6 is 0 Å². The maximum Gasteiger partial charge on any atom is 0.435 e. The fraction of sp³-hybridized carbons (Fsp3) is 0.324. The topological polar surface area (TPSA) is 138 Å². The van der Waals surface area contributed by atoms with E-state index in [1.165, 1.54) is 43.9 Å². The molecular weight excluding hydrogens is 784 g/mol. The van der Waals surface area contributed by atoms with Gasteiger partial charge in [-0.15, -0.1) is 0 Å². The lowest BCUT2D eigenvalue weighted by Crippen LogP contribution is -2.58. The first-order valence-electron chi connectivity index (χ1n) is 17.5. The monoisotopic (exact) mass is 816 g/mol. The first-order chi connectivity index (χ1) is 27.2. The maximum absolute atomic E-state index is 15.7. The van der Waals surface area contributed by atoms with Crippen LogP contribution in [-0.4, -0.2) is 73.7 Å². The molecule has 6 aromatic rings. The van der Waals surface area contributed by atoms with E-state index >= 15 is 8.78 Å². The summed E-state index contributed by atoms with van der Waals surface area (Å²) in [5.74, 6) is -4.87. The van der Waals surface area contributed by atoms with Crippen LogP contribution in [0, 0.1) is 17.5 Å². The quantitative estimate of drug-likeness (QED) is 0.182. The Morgan fingerprint density at radius 2 is 1.69 bits per heavy atom. The fourth-order valence-electron chi connectivity index (χ4n) is 7.05. The van der Waals surface area contributed by atoms with Crippen molar-refractivity contribution in [1.82, 2.24) is 49.1 Å². The van der Waals surface area contributed by atoms with Crippen LogP contribution in [0.4, 0.5) is 35.1 Å². The van der Waals surface area contributed by atoms with Crippen molar-refractivity contribution in [1.29, 1.82) is 0 Å². The van der Waals surface area contributed by atoms with E-state index in [9.17, 15) is 40.7 Å². The van der Waals surface area contributed by atoms with E-state index in [-0.39, 0.29) is 46.6 Å². The minimum Gasteiger partial charge on any atom is -0.348 e. The van der Waals surface area contributed by atoms with E-state index in [0.29, 0.717) is 21.8 Å². The van der Waals surface area contributed by atoms with Crippen LogP contribution in [-0.2, 0) is 44.5 Å². The molecule has 2 amide bonds. The molecule has 1 N–H and O–H groups in total. The Labute approximate surface area is 322 Å². The number of benzene rings is 1. The lowest BCUT2D eigenvalue weighted by Gasteiger charge is -2.37. The number of hydrogen-bond donors (Lipinski definition) is 1. The lowest BCUT2D eigenvalue weighted by atomic mass is 9.90. The number of carbonyl (C=O) groups is 2. The third-order valence-electron chi connectivity index (χ3n) is 9.73. The summed E-state index contributed by atoms with van der Waals surface area (Å²) in [6.07, 6.45) is -0.900. The van der Waals surface area contributed by atoms with E-state index in [4.69, 9.17) is 0 Å². The molecule has 0 spiro atoms. The standard InChI is InChI=1S/C37H32F8N10O3/c1-36(2,17-55-26(12-28(50-55)37(43,44)45)20-11-25(40)33(57)51(3)16-20)49-32(56)27(9-18-13-47-54(15-18)35(41)42)53-8-7-21-22(5-6-23(38)29(21)34(53)58)30-24(39)10-19-14-46-52(4)31(19)48-30/h5-6,10-16,27,35H,7-9,17H2,1-4H3,(H,49,56). The molecule has 0 saturated carbocycles. The zero-order valence-corrected chi connectivity index (χ0v) is 31.0. The number of hydrogen-bond acceptors (Lipinski definition) is 7. The van der Waals surface area contributed by atoms with Crippen molar-refractivity contribution in [3.63, 3.8) is 0 Å². The van der Waals surface area contributed by atoms with Crippen molar-refractivity contribution in [3.05, 3.63) is 105 Å². The fourth-order valence-corrected chi connectivity index (χ4v) is 7.05. The molecule has 13 nitrogen and oxygen atoms in total. The smallest absolute Gasteiger partial charge is 0.348 e. The van der Waals surface area contributed by atoms with Crippen LogP contribution in [0.1, 0.15) is 47.6 Å². The molecule has 0 fully saturated rings. The molecule has 304 valence electrons. The molecular formula is C37H32F8N10O3. The zero-order valence-electron chi connectivity index (χ0n) is 31.0. The molecule has 1 aromatic carbocycles. The van der Waals surface area contributed by atoms with Crippen LogP contribution in [0.2, 0.25) is 0 Å². The number of halogens is 8. The van der Waals surface area contributed by atoms with E-state index in [0.717, 1.165) is 44.9 Å². The molecule has 7 rings (SSSR count). The predicted molar refractivity (Wildman–Crippen MR) is 190 cm³/mol. The Bertz CT molecular complexity index is 2630. The van der Waals surface area contributed by atoms with Gasteiger partial charge in [0.1, 0.15) is 23.4 Å². The highest BCUT2D eigenvalue weighted by Crippen LogP contribution is 2.36. The van der Waals surface area contributed by atoms with Gasteiger partial charge in [0.15, 0.2) is 17.2 Å². The third-order valence-corrected chi connectivity index (χ3v) is 9.73. The van der Waals surface area contributed by atoms with Crippen molar-refractivity contribution in [2.45, 2.75) is 57.5 Å². The van der Waals surface area contributed by atoms with Gasteiger partial charge in [0.25, 0.3) is 11.5 Å². The maximum atomic E-state index is 15.7. The van der Waals surface area contributed by atoms with Gasteiger partial charge in [-0.25, -0.2) is 22.8 Å². The minimum absolute atomic E-state index is 0.0859. The van der Waals surface area contributed by atoms with E-state index in [1.807, 2.05) is 0 Å². The van der Waals surface area contributed by atoms with Crippen LogP contribution in [0.5, 0.6) is 0 Å². The number of amides is 2. The Hall–Kier alpha value is -6.41. The Kier molecular flexibility index (Phi) is 9.96. The van der Waals surface area contributed by atoms with E-state index in [1.54, 1.807) is 7.05 Å². The first kappa shape index (κ1) is 39.8. The summed E-state index contributed by atoms with van der Waals surface area (Å²) in [5, 5.41) is 14.4. The second-order valence-electron chi connectivity index (χ2n) is 14.5. The van der Waals surface area contributed by atoms with Crippen LogP contribution in [0.15, 0.2) is 59.9 Å². The molecule has 0 bridgehead atoms. The molecule has 1 atom stereocenters. The summed E-state index contributed by atoms with van der Waals surface area (Å²) in [4.78, 5) is 46.0. The van der Waals surface area contributed by atoms with Crippen LogP contribution < -0.4 is 10.9 Å². The van der Waals surface area contributed by atoms with Gasteiger partial charge in [0.05, 0.1) is 35.7 Å². The van der Waals surface area contributed by atoms with Gasteiger partial charge in [-0.3, -0.25) is 23.7 Å². The molecule has 6 heterocycles. The van der Waals surface area contributed by atoms with Crippen molar-refractivity contribution in [2.75, 3.05) is 6.54 Å². The first-order valence-corrected chi connectivity index (χ1v) is 17.5. The van der Waals surface area contributed by atoms with Crippen molar-refractivity contribution < 1.29 is 44.7 Å². The molecule has 0 saturated heterocycles. The van der Waals surface area contributed by atoms with E-state index < -0.39 is 83.4 Å². The third kappa shape index (κ3) is 7.42. The second-order valence-corrected chi connectivity index (χ2v) is 14.5. The molecule has 0 radical (unpaired) electrons. The summed E-state index contributed by atoms with van der Waals surface area (Å²) in [6.45, 7) is -0.900. The number of nitrogens with one attached hydrogen (secondary N) is 1. The largest absolute Gasteiger partial charge is 0.435 e. The van der Waals surface area contributed by atoms with Crippen LogP contribution in [0.3, 0.4) is 0 Å². The van der Waals surface area contributed by atoms with Crippen molar-refractivity contribution in [3.8, 4) is 22.5 Å². The average Bonchev–Trinajstić information content (AvgIpc) is 3.88. The number of aromatic nitrogens is 8. The number of pyridine rings is 2. The molecule has 58 heavy (non-hydrogen) atoms. The molecule has 21 heteroatoms. The van der Waals surface area contributed by atoms with Crippen molar-refractivity contribution in [2.24, 2.45) is 14.1 Å². The van der Waals surface area contributed by atoms with Gasteiger partial charge in [0.2, 0.25) is 5.91 Å². The average molecular weight is 817 g/mol. The molecule has 0 aliphatic carbocycles. The normalized spacial score (nSPS) is 14.1. The van der Waals surface area contributed by atoms with Gasteiger partial charge in [-0.05, 0) is 61.7 Å². The number of alkyl halides is 5. The summed E-state index contributed by atoms with van der Waals surface area (Å²) in [5.41, 5.74) is -4.24. The highest BCUT2D eigenvalue weighted by Gasteiger charge is 2.40. The van der Waals surface area contributed by atoms with Gasteiger partial charge < -0.3 is 14.8 Å². The highest BCUT2D eigenvalue weighted by molar-refractivity contribution is 6.01. The Morgan fingerprint density at radius 3 is 2.36 bits per heavy atom.